The van der Waals surface area contributed by atoms with Crippen LogP contribution in [-0.2, 0) is 16.1 Å². The number of carbonyl (C=O) groups is 2. The number of carbonyl (C=O) groups excluding carboxylic acids is 2. The van der Waals surface area contributed by atoms with Gasteiger partial charge in [-0.2, -0.15) is 0 Å². The molecular weight excluding hydrogens is 228 g/mol. The van der Waals surface area contributed by atoms with Gasteiger partial charge in [0.1, 0.15) is 6.04 Å². The summed E-state index contributed by atoms with van der Waals surface area (Å²) in [5.74, 6) is 1.93. The molecule has 18 heavy (non-hydrogen) atoms. The minimum atomic E-state index is -0.516. The van der Waals surface area contributed by atoms with Crippen molar-refractivity contribution in [1.82, 2.24) is 4.90 Å². The summed E-state index contributed by atoms with van der Waals surface area (Å²) < 4.78 is 0. The Labute approximate surface area is 106 Å². The van der Waals surface area contributed by atoms with Gasteiger partial charge in [0.25, 0.3) is 0 Å². The van der Waals surface area contributed by atoms with E-state index in [9.17, 15) is 9.59 Å². The minimum Gasteiger partial charge on any atom is -0.326 e. The van der Waals surface area contributed by atoms with Crippen molar-refractivity contribution in [3.8, 4) is 12.3 Å². The zero-order valence-corrected chi connectivity index (χ0v) is 10.1. The summed E-state index contributed by atoms with van der Waals surface area (Å²) in [7, 11) is 0. The second-order valence-corrected chi connectivity index (χ2v) is 4.22. The van der Waals surface area contributed by atoms with Gasteiger partial charge in [0, 0.05) is 12.2 Å². The molecule has 1 aliphatic rings. The second-order valence-electron chi connectivity index (χ2n) is 4.22. The molecule has 1 atom stereocenters. The number of benzene rings is 1. The molecule has 4 nitrogen and oxygen atoms in total. The Bertz CT molecular complexity index is 531. The van der Waals surface area contributed by atoms with E-state index < -0.39 is 6.04 Å². The Balaban J connectivity index is 2.35. The lowest BCUT2D eigenvalue weighted by Crippen LogP contribution is -2.43. The Kier molecular flexibility index (Phi) is 3.33. The van der Waals surface area contributed by atoms with E-state index in [0.717, 1.165) is 11.3 Å². The van der Waals surface area contributed by atoms with E-state index in [4.69, 9.17) is 6.42 Å². The van der Waals surface area contributed by atoms with Gasteiger partial charge in [-0.3, -0.25) is 9.59 Å². The highest BCUT2D eigenvalue weighted by atomic mass is 16.2. The van der Waals surface area contributed by atoms with Crippen LogP contribution < -0.4 is 5.32 Å². The third-order valence-corrected chi connectivity index (χ3v) is 3.04. The maximum Gasteiger partial charge on any atom is 0.246 e. The number of terminal acetylenes is 1. The van der Waals surface area contributed by atoms with Gasteiger partial charge < -0.3 is 10.2 Å². The van der Waals surface area contributed by atoms with Gasteiger partial charge in [0.05, 0.1) is 6.42 Å². The van der Waals surface area contributed by atoms with Crippen LogP contribution in [0.15, 0.2) is 24.3 Å². The molecule has 1 heterocycles. The van der Waals surface area contributed by atoms with Crippen LogP contribution >= 0.6 is 0 Å². The van der Waals surface area contributed by atoms with Crippen LogP contribution in [-0.4, -0.2) is 22.8 Å². The fourth-order valence-corrected chi connectivity index (χ4v) is 1.97. The van der Waals surface area contributed by atoms with Gasteiger partial charge in [0.15, 0.2) is 0 Å². The largest absolute Gasteiger partial charge is 0.326 e. The number of nitrogens with zero attached hydrogens (tertiary/aromatic N) is 1. The van der Waals surface area contributed by atoms with E-state index in [-0.39, 0.29) is 18.2 Å². The summed E-state index contributed by atoms with van der Waals surface area (Å²) in [5, 5.41) is 2.81. The topological polar surface area (TPSA) is 49.4 Å². The van der Waals surface area contributed by atoms with E-state index >= 15 is 0 Å². The maximum absolute atomic E-state index is 11.9. The molecule has 1 aromatic rings. The van der Waals surface area contributed by atoms with E-state index in [2.05, 4.69) is 11.2 Å². The maximum atomic E-state index is 11.9. The summed E-state index contributed by atoms with van der Waals surface area (Å²) >= 11 is 0. The van der Waals surface area contributed by atoms with Crippen LogP contribution in [0.2, 0.25) is 0 Å². The van der Waals surface area contributed by atoms with Crippen molar-refractivity contribution in [3.63, 3.8) is 0 Å². The van der Waals surface area contributed by atoms with E-state index in [0.29, 0.717) is 6.54 Å². The van der Waals surface area contributed by atoms with Crippen molar-refractivity contribution in [2.45, 2.75) is 25.9 Å². The number of nitrogens with one attached hydrogen (secondary N) is 1. The minimum absolute atomic E-state index is 0.0137. The molecule has 1 N–H and O–H groups in total. The standard InChI is InChI=1S/C14H14N2O2/c1-3-6-13(17)16-9-11-7-4-5-8-12(11)15-14(18)10(16)2/h1,4-5,7-8,10H,6,9H2,2H3,(H,15,18). The number of anilines is 1. The fourth-order valence-electron chi connectivity index (χ4n) is 1.97. The average molecular weight is 242 g/mol. The fraction of sp³-hybridized carbons (Fsp3) is 0.286. The van der Waals surface area contributed by atoms with Gasteiger partial charge in [0.2, 0.25) is 11.8 Å². The van der Waals surface area contributed by atoms with Crippen LogP contribution in [0.3, 0.4) is 0 Å². The SMILES string of the molecule is C#CCC(=O)N1Cc2ccccc2NC(=O)C1C. The molecule has 0 spiro atoms. The third kappa shape index (κ3) is 2.21. The molecule has 1 aliphatic heterocycles. The predicted octanol–water partition coefficient (Wildman–Crippen LogP) is 1.38. The molecule has 0 aromatic heterocycles. The highest BCUT2D eigenvalue weighted by Gasteiger charge is 2.29. The molecule has 0 radical (unpaired) electrons. The summed E-state index contributed by atoms with van der Waals surface area (Å²) in [6, 6.07) is 6.94. The van der Waals surface area contributed by atoms with Crippen LogP contribution in [0.25, 0.3) is 0 Å². The first-order valence-corrected chi connectivity index (χ1v) is 5.75. The number of hydrogen-bond acceptors (Lipinski definition) is 2. The van der Waals surface area contributed by atoms with Crippen molar-refractivity contribution in [2.75, 3.05) is 5.32 Å². The second kappa shape index (κ2) is 4.92. The Morgan fingerprint density at radius 1 is 1.56 bits per heavy atom. The van der Waals surface area contributed by atoms with Crippen LogP contribution in [0.4, 0.5) is 5.69 Å². The molecule has 0 saturated carbocycles. The lowest BCUT2D eigenvalue weighted by Gasteiger charge is -2.24. The Morgan fingerprint density at radius 3 is 3.00 bits per heavy atom. The van der Waals surface area contributed by atoms with E-state index in [1.165, 1.54) is 4.90 Å². The third-order valence-electron chi connectivity index (χ3n) is 3.04. The van der Waals surface area contributed by atoms with Crippen LogP contribution in [0.1, 0.15) is 18.9 Å². The van der Waals surface area contributed by atoms with Crippen LogP contribution in [0.5, 0.6) is 0 Å². The first-order chi connectivity index (χ1) is 8.63. The molecular formula is C14H14N2O2. The highest BCUT2D eigenvalue weighted by Crippen LogP contribution is 2.23. The van der Waals surface area contributed by atoms with Gasteiger partial charge in [-0.05, 0) is 18.6 Å². The smallest absolute Gasteiger partial charge is 0.246 e. The number of amides is 2. The van der Waals surface area contributed by atoms with Crippen molar-refractivity contribution < 1.29 is 9.59 Å². The van der Waals surface area contributed by atoms with Crippen molar-refractivity contribution in [3.05, 3.63) is 29.8 Å². The lowest BCUT2D eigenvalue weighted by molar-refractivity contribution is -0.137. The molecule has 2 amide bonds. The summed E-state index contributed by atoms with van der Waals surface area (Å²) in [6.07, 6.45) is 5.17. The zero-order chi connectivity index (χ0) is 13.1. The van der Waals surface area contributed by atoms with E-state index in [1.807, 2.05) is 24.3 Å². The number of rotatable bonds is 1. The quantitative estimate of drug-likeness (QED) is 0.756. The molecule has 1 unspecified atom stereocenters. The van der Waals surface area contributed by atoms with Crippen molar-refractivity contribution in [2.24, 2.45) is 0 Å². The Morgan fingerprint density at radius 2 is 2.28 bits per heavy atom. The number of fused-ring (bicyclic) bond motifs is 1. The summed E-state index contributed by atoms with van der Waals surface area (Å²) in [4.78, 5) is 25.4. The molecule has 0 saturated heterocycles. The van der Waals surface area contributed by atoms with Gasteiger partial charge in [-0.25, -0.2) is 0 Å². The lowest BCUT2D eigenvalue weighted by atomic mass is 10.1. The molecule has 4 heteroatoms. The van der Waals surface area contributed by atoms with Crippen molar-refractivity contribution >= 4 is 17.5 Å². The van der Waals surface area contributed by atoms with Gasteiger partial charge in [-0.1, -0.05) is 24.1 Å². The first-order valence-electron chi connectivity index (χ1n) is 5.75. The predicted molar refractivity (Wildman–Crippen MR) is 68.5 cm³/mol. The van der Waals surface area contributed by atoms with Gasteiger partial charge >= 0.3 is 0 Å². The van der Waals surface area contributed by atoms with Crippen LogP contribution in [0, 0.1) is 12.3 Å². The average Bonchev–Trinajstić information content (AvgIpc) is 2.48. The first kappa shape index (κ1) is 12.2. The molecule has 1 aromatic carbocycles. The zero-order valence-electron chi connectivity index (χ0n) is 10.1. The summed E-state index contributed by atoms with van der Waals surface area (Å²) in [6.45, 7) is 2.10. The van der Waals surface area contributed by atoms with Gasteiger partial charge in [-0.15, -0.1) is 6.42 Å². The number of hydrogen-bond donors (Lipinski definition) is 1. The monoisotopic (exact) mass is 242 g/mol. The molecule has 92 valence electrons. The molecule has 0 bridgehead atoms. The van der Waals surface area contributed by atoms with Crippen molar-refractivity contribution in [1.29, 1.82) is 0 Å². The van der Waals surface area contributed by atoms with E-state index in [1.54, 1.807) is 6.92 Å². The molecule has 0 aliphatic carbocycles. The normalized spacial score (nSPS) is 18.3. The Hall–Kier alpha value is -2.28. The number of para-hydroxylation sites is 1. The highest BCUT2D eigenvalue weighted by molar-refractivity contribution is 5.98. The molecule has 2 rings (SSSR count). The summed E-state index contributed by atoms with van der Waals surface area (Å²) in [5.41, 5.74) is 1.67. The molecule has 0 fully saturated rings.